The van der Waals surface area contributed by atoms with Gasteiger partial charge in [-0.25, -0.2) is 0 Å². The van der Waals surface area contributed by atoms with Crippen LogP contribution in [-0.4, -0.2) is 50.9 Å². The predicted molar refractivity (Wildman–Crippen MR) is 119 cm³/mol. The number of benzene rings is 2. The number of para-hydroxylation sites is 1. The van der Waals surface area contributed by atoms with Gasteiger partial charge < -0.3 is 20.4 Å². The Morgan fingerprint density at radius 1 is 1.14 bits per heavy atom. The Hall–Kier alpha value is -2.86. The zero-order valence-electron chi connectivity index (χ0n) is 17.7. The third-order valence-corrected chi connectivity index (χ3v) is 5.36. The molecule has 0 fully saturated rings. The summed E-state index contributed by atoms with van der Waals surface area (Å²) in [4.78, 5) is 29.4. The first-order valence-electron chi connectivity index (χ1n) is 10.0. The van der Waals surface area contributed by atoms with Crippen LogP contribution in [0.5, 0.6) is 0 Å². The summed E-state index contributed by atoms with van der Waals surface area (Å²) in [5.74, 6) is -0.226. The Morgan fingerprint density at radius 2 is 1.90 bits per heavy atom. The molecule has 2 N–H and O–H groups in total. The number of fused-ring (bicyclic) bond motifs is 1. The summed E-state index contributed by atoms with van der Waals surface area (Å²) in [6.45, 7) is 3.48. The standard InChI is InChI=1S/C23H30N4O2/c1-16-9-10-17(15-20(16)25-22(28)12-13-26(2)3)24-23(29)19-11-14-27(4)21-8-6-5-7-18(19)21/h5-10,15,19H,11-14H2,1-4H3,(H,24,29)(H,25,28). The van der Waals surface area contributed by atoms with Crippen LogP contribution in [0.15, 0.2) is 42.5 Å². The molecule has 0 radical (unpaired) electrons. The molecule has 1 aliphatic rings. The highest BCUT2D eigenvalue weighted by atomic mass is 16.2. The van der Waals surface area contributed by atoms with Gasteiger partial charge in [-0.15, -0.1) is 0 Å². The van der Waals surface area contributed by atoms with Crippen LogP contribution in [0.1, 0.15) is 29.9 Å². The highest BCUT2D eigenvalue weighted by Crippen LogP contribution is 2.35. The van der Waals surface area contributed by atoms with Gasteiger partial charge in [-0.3, -0.25) is 9.59 Å². The molecule has 0 spiro atoms. The second kappa shape index (κ2) is 9.09. The smallest absolute Gasteiger partial charge is 0.232 e. The zero-order valence-corrected chi connectivity index (χ0v) is 17.7. The minimum Gasteiger partial charge on any atom is -0.374 e. The van der Waals surface area contributed by atoms with E-state index in [9.17, 15) is 9.59 Å². The van der Waals surface area contributed by atoms with E-state index in [4.69, 9.17) is 0 Å². The van der Waals surface area contributed by atoms with Gasteiger partial charge in [-0.05, 0) is 56.8 Å². The molecule has 2 aromatic carbocycles. The lowest BCUT2D eigenvalue weighted by atomic mass is 9.89. The molecule has 0 saturated heterocycles. The molecule has 1 atom stereocenters. The van der Waals surface area contributed by atoms with Gasteiger partial charge in [0.25, 0.3) is 0 Å². The van der Waals surface area contributed by atoms with Crippen molar-refractivity contribution in [3.8, 4) is 0 Å². The van der Waals surface area contributed by atoms with Crippen LogP contribution in [-0.2, 0) is 9.59 Å². The molecule has 0 aromatic heterocycles. The van der Waals surface area contributed by atoms with Crippen molar-refractivity contribution < 1.29 is 9.59 Å². The van der Waals surface area contributed by atoms with E-state index in [1.54, 1.807) is 0 Å². The maximum absolute atomic E-state index is 13.0. The highest BCUT2D eigenvalue weighted by molar-refractivity contribution is 5.98. The third-order valence-electron chi connectivity index (χ3n) is 5.36. The van der Waals surface area contributed by atoms with Gasteiger partial charge in [-0.2, -0.15) is 0 Å². The van der Waals surface area contributed by atoms with Crippen LogP contribution in [0, 0.1) is 6.92 Å². The topological polar surface area (TPSA) is 64.7 Å². The summed E-state index contributed by atoms with van der Waals surface area (Å²) < 4.78 is 0. The number of anilines is 3. The number of hydrogen-bond acceptors (Lipinski definition) is 4. The lowest BCUT2D eigenvalue weighted by molar-refractivity contribution is -0.118. The first kappa shape index (κ1) is 20.9. The van der Waals surface area contributed by atoms with Gasteiger partial charge >= 0.3 is 0 Å². The Bertz CT molecular complexity index is 894. The minimum atomic E-state index is -0.179. The number of nitrogens with one attached hydrogen (secondary N) is 2. The molecule has 2 aromatic rings. The minimum absolute atomic E-state index is 0.0145. The highest BCUT2D eigenvalue weighted by Gasteiger charge is 2.28. The van der Waals surface area contributed by atoms with E-state index in [1.165, 1.54) is 0 Å². The summed E-state index contributed by atoms with van der Waals surface area (Å²) in [7, 11) is 5.93. The fourth-order valence-corrected chi connectivity index (χ4v) is 3.60. The monoisotopic (exact) mass is 394 g/mol. The van der Waals surface area contributed by atoms with Crippen LogP contribution in [0.3, 0.4) is 0 Å². The molecule has 154 valence electrons. The number of hydrogen-bond donors (Lipinski definition) is 2. The average molecular weight is 395 g/mol. The van der Waals surface area contributed by atoms with E-state index in [1.807, 2.05) is 62.3 Å². The number of aryl methyl sites for hydroxylation is 1. The molecule has 0 bridgehead atoms. The Morgan fingerprint density at radius 3 is 2.66 bits per heavy atom. The van der Waals surface area contributed by atoms with Gasteiger partial charge in [0, 0.05) is 43.6 Å². The molecule has 6 heteroatoms. The molecule has 2 amide bonds. The first-order valence-corrected chi connectivity index (χ1v) is 10.0. The molecule has 29 heavy (non-hydrogen) atoms. The van der Waals surface area contributed by atoms with Crippen molar-refractivity contribution in [2.45, 2.75) is 25.7 Å². The van der Waals surface area contributed by atoms with Crippen molar-refractivity contribution in [3.05, 3.63) is 53.6 Å². The first-order chi connectivity index (χ1) is 13.8. The summed E-state index contributed by atoms with van der Waals surface area (Å²) in [6.07, 6.45) is 1.20. The molecular formula is C23H30N4O2. The lowest BCUT2D eigenvalue weighted by Crippen LogP contribution is -2.32. The second-order valence-electron chi connectivity index (χ2n) is 7.94. The summed E-state index contributed by atoms with van der Waals surface area (Å²) in [5.41, 5.74) is 4.56. The van der Waals surface area contributed by atoms with Crippen molar-refractivity contribution in [3.63, 3.8) is 0 Å². The Balaban J connectivity index is 1.71. The van der Waals surface area contributed by atoms with Crippen molar-refractivity contribution in [2.24, 2.45) is 0 Å². The van der Waals surface area contributed by atoms with Gasteiger partial charge in [0.05, 0.1) is 5.92 Å². The van der Waals surface area contributed by atoms with Crippen molar-refractivity contribution in [1.29, 1.82) is 0 Å². The number of nitrogens with zero attached hydrogens (tertiary/aromatic N) is 2. The largest absolute Gasteiger partial charge is 0.374 e. The van der Waals surface area contributed by atoms with Crippen LogP contribution in [0.4, 0.5) is 17.1 Å². The molecule has 6 nitrogen and oxygen atoms in total. The second-order valence-corrected chi connectivity index (χ2v) is 7.94. The van der Waals surface area contributed by atoms with Crippen LogP contribution >= 0.6 is 0 Å². The number of rotatable bonds is 6. The fourth-order valence-electron chi connectivity index (χ4n) is 3.60. The molecular weight excluding hydrogens is 364 g/mol. The Kier molecular flexibility index (Phi) is 6.54. The summed E-state index contributed by atoms with van der Waals surface area (Å²) >= 11 is 0. The number of carbonyl (C=O) groups is 2. The average Bonchev–Trinajstić information content (AvgIpc) is 2.69. The molecule has 1 unspecified atom stereocenters. The van der Waals surface area contributed by atoms with Gasteiger partial charge in [0.1, 0.15) is 0 Å². The fraction of sp³-hybridized carbons (Fsp3) is 0.391. The van der Waals surface area contributed by atoms with E-state index < -0.39 is 0 Å². The Labute approximate surface area is 172 Å². The lowest BCUT2D eigenvalue weighted by Gasteiger charge is -2.32. The SMILES string of the molecule is Cc1ccc(NC(=O)C2CCN(C)c3ccccc32)cc1NC(=O)CCN(C)C. The number of carbonyl (C=O) groups excluding carboxylic acids is 2. The van der Waals surface area contributed by atoms with Crippen LogP contribution in [0.2, 0.25) is 0 Å². The summed E-state index contributed by atoms with van der Waals surface area (Å²) in [6, 6.07) is 13.7. The maximum atomic E-state index is 13.0. The van der Waals surface area contributed by atoms with Crippen molar-refractivity contribution in [2.75, 3.05) is 49.8 Å². The van der Waals surface area contributed by atoms with E-state index in [2.05, 4.69) is 28.6 Å². The van der Waals surface area contributed by atoms with E-state index in [-0.39, 0.29) is 17.7 Å². The van der Waals surface area contributed by atoms with Gasteiger partial charge in [-0.1, -0.05) is 24.3 Å². The van der Waals surface area contributed by atoms with Crippen LogP contribution < -0.4 is 15.5 Å². The van der Waals surface area contributed by atoms with Gasteiger partial charge in [0.2, 0.25) is 11.8 Å². The van der Waals surface area contributed by atoms with E-state index in [0.717, 1.165) is 35.5 Å². The molecule has 1 heterocycles. The van der Waals surface area contributed by atoms with Gasteiger partial charge in [0.15, 0.2) is 0 Å². The molecule has 0 aliphatic carbocycles. The molecule has 1 aliphatic heterocycles. The van der Waals surface area contributed by atoms with E-state index in [0.29, 0.717) is 18.7 Å². The van der Waals surface area contributed by atoms with Crippen molar-refractivity contribution in [1.82, 2.24) is 4.90 Å². The summed E-state index contributed by atoms with van der Waals surface area (Å²) in [5, 5.41) is 6.00. The predicted octanol–water partition coefficient (Wildman–Crippen LogP) is 3.45. The van der Waals surface area contributed by atoms with E-state index >= 15 is 0 Å². The quantitative estimate of drug-likeness (QED) is 0.788. The molecule has 0 saturated carbocycles. The molecule has 3 rings (SSSR count). The van der Waals surface area contributed by atoms with Crippen LogP contribution in [0.25, 0.3) is 0 Å². The maximum Gasteiger partial charge on any atom is 0.232 e. The number of amides is 2. The van der Waals surface area contributed by atoms with Crippen molar-refractivity contribution >= 4 is 28.9 Å². The normalized spacial score (nSPS) is 15.8. The third kappa shape index (κ3) is 5.15. The zero-order chi connectivity index (χ0) is 21.0.